The summed E-state index contributed by atoms with van der Waals surface area (Å²) in [5.41, 5.74) is 3.84. The second-order valence-corrected chi connectivity index (χ2v) is 8.92. The molecule has 0 radical (unpaired) electrons. The van der Waals surface area contributed by atoms with Gasteiger partial charge in [0.2, 0.25) is 0 Å². The van der Waals surface area contributed by atoms with E-state index in [-0.39, 0.29) is 0 Å². The standard InChI is InChI=1S/C25H33N5/c1-20-7-3-4-8-23(20)29-17-18-30(21(2)19-29)24-10-9-22-11-14-28(25(22)26-24)16-15-27-12-5-6-13-27/h3-4,7-11,14,21H,5-6,12-13,15-19H2,1-2H3/t21-/m1/s1. The molecule has 0 unspecified atom stereocenters. The van der Waals surface area contributed by atoms with Crippen LogP contribution in [0.1, 0.15) is 25.3 Å². The number of fused-ring (bicyclic) bond motifs is 1. The van der Waals surface area contributed by atoms with Crippen LogP contribution in [0, 0.1) is 6.92 Å². The Morgan fingerprint density at radius 3 is 2.57 bits per heavy atom. The molecule has 1 atom stereocenters. The lowest BCUT2D eigenvalue weighted by Crippen LogP contribution is -2.52. The Morgan fingerprint density at radius 1 is 0.933 bits per heavy atom. The van der Waals surface area contributed by atoms with E-state index in [1.807, 2.05) is 0 Å². The predicted octanol–water partition coefficient (Wildman–Crippen LogP) is 4.16. The molecule has 2 aliphatic rings. The number of benzene rings is 1. The molecule has 4 heterocycles. The van der Waals surface area contributed by atoms with Crippen molar-refractivity contribution in [3.05, 3.63) is 54.2 Å². The fourth-order valence-electron chi connectivity index (χ4n) is 5.08. The third kappa shape index (κ3) is 3.79. The van der Waals surface area contributed by atoms with E-state index in [0.29, 0.717) is 6.04 Å². The van der Waals surface area contributed by atoms with Crippen molar-refractivity contribution in [2.45, 2.75) is 39.3 Å². The Morgan fingerprint density at radius 2 is 1.77 bits per heavy atom. The summed E-state index contributed by atoms with van der Waals surface area (Å²) in [5, 5.41) is 1.24. The molecule has 2 saturated heterocycles. The second kappa shape index (κ2) is 8.31. The number of piperazine rings is 1. The van der Waals surface area contributed by atoms with Gasteiger partial charge in [-0.1, -0.05) is 18.2 Å². The average Bonchev–Trinajstić information content (AvgIpc) is 3.42. The Bertz CT molecular complexity index is 1000. The van der Waals surface area contributed by atoms with Gasteiger partial charge < -0.3 is 19.3 Å². The fraction of sp³-hybridized carbons (Fsp3) is 0.480. The smallest absolute Gasteiger partial charge is 0.142 e. The van der Waals surface area contributed by atoms with Crippen molar-refractivity contribution in [1.82, 2.24) is 14.5 Å². The first-order valence-electron chi connectivity index (χ1n) is 11.4. The van der Waals surface area contributed by atoms with Gasteiger partial charge in [-0.05, 0) is 69.6 Å². The quantitative estimate of drug-likeness (QED) is 0.639. The van der Waals surface area contributed by atoms with Crippen LogP contribution in [0.4, 0.5) is 11.5 Å². The Hall–Kier alpha value is -2.53. The summed E-state index contributed by atoms with van der Waals surface area (Å²) in [4.78, 5) is 12.7. The molecule has 2 aliphatic heterocycles. The SMILES string of the molecule is Cc1ccccc1N1CCN(c2ccc3ccn(CCN4CCCC4)c3n2)[C@H](C)C1. The Balaban J connectivity index is 1.32. The van der Waals surface area contributed by atoms with E-state index >= 15 is 0 Å². The molecule has 30 heavy (non-hydrogen) atoms. The van der Waals surface area contributed by atoms with Crippen molar-refractivity contribution in [2.24, 2.45) is 0 Å². The molecule has 158 valence electrons. The molecule has 0 amide bonds. The van der Waals surface area contributed by atoms with E-state index in [0.717, 1.165) is 44.2 Å². The van der Waals surface area contributed by atoms with E-state index < -0.39 is 0 Å². The summed E-state index contributed by atoms with van der Waals surface area (Å²) in [5.74, 6) is 1.11. The molecule has 0 aliphatic carbocycles. The van der Waals surface area contributed by atoms with E-state index in [1.54, 1.807) is 0 Å². The van der Waals surface area contributed by atoms with Gasteiger partial charge >= 0.3 is 0 Å². The molecule has 0 saturated carbocycles. The number of para-hydroxylation sites is 1. The van der Waals surface area contributed by atoms with Gasteiger partial charge in [-0.15, -0.1) is 0 Å². The van der Waals surface area contributed by atoms with Crippen LogP contribution >= 0.6 is 0 Å². The zero-order valence-corrected chi connectivity index (χ0v) is 18.3. The first kappa shape index (κ1) is 19.4. The van der Waals surface area contributed by atoms with Crippen LogP contribution in [0.25, 0.3) is 11.0 Å². The van der Waals surface area contributed by atoms with Gasteiger partial charge in [-0.25, -0.2) is 4.98 Å². The molecule has 2 fully saturated rings. The van der Waals surface area contributed by atoms with Crippen LogP contribution in [-0.2, 0) is 6.54 Å². The summed E-state index contributed by atoms with van der Waals surface area (Å²) in [6, 6.07) is 15.8. The molecule has 0 bridgehead atoms. The van der Waals surface area contributed by atoms with Crippen molar-refractivity contribution in [1.29, 1.82) is 0 Å². The molecule has 2 aromatic heterocycles. The first-order valence-corrected chi connectivity index (χ1v) is 11.4. The highest BCUT2D eigenvalue weighted by Crippen LogP contribution is 2.27. The highest BCUT2D eigenvalue weighted by molar-refractivity contribution is 5.78. The Kier molecular flexibility index (Phi) is 5.38. The topological polar surface area (TPSA) is 27.5 Å². The maximum Gasteiger partial charge on any atom is 0.142 e. The lowest BCUT2D eigenvalue weighted by Gasteiger charge is -2.42. The van der Waals surface area contributed by atoms with Crippen LogP contribution < -0.4 is 9.80 Å². The highest BCUT2D eigenvalue weighted by atomic mass is 15.3. The van der Waals surface area contributed by atoms with Crippen LogP contribution in [0.2, 0.25) is 0 Å². The lowest BCUT2D eigenvalue weighted by molar-refractivity contribution is 0.324. The van der Waals surface area contributed by atoms with Gasteiger partial charge in [0.25, 0.3) is 0 Å². The average molecular weight is 404 g/mol. The van der Waals surface area contributed by atoms with Gasteiger partial charge in [0.15, 0.2) is 0 Å². The third-order valence-corrected chi connectivity index (χ3v) is 6.83. The van der Waals surface area contributed by atoms with E-state index in [2.05, 4.69) is 81.8 Å². The normalized spacial score (nSPS) is 20.4. The minimum atomic E-state index is 0.427. The number of aromatic nitrogens is 2. The summed E-state index contributed by atoms with van der Waals surface area (Å²) in [7, 11) is 0. The van der Waals surface area contributed by atoms with Gasteiger partial charge in [-0.2, -0.15) is 0 Å². The predicted molar refractivity (Wildman–Crippen MR) is 126 cm³/mol. The van der Waals surface area contributed by atoms with Crippen molar-refractivity contribution in [2.75, 3.05) is 49.1 Å². The molecule has 5 rings (SSSR count). The largest absolute Gasteiger partial charge is 0.367 e. The second-order valence-electron chi connectivity index (χ2n) is 8.92. The zero-order valence-electron chi connectivity index (χ0n) is 18.3. The van der Waals surface area contributed by atoms with Gasteiger partial charge in [0, 0.05) is 56.0 Å². The summed E-state index contributed by atoms with van der Waals surface area (Å²) in [6.07, 6.45) is 4.90. The van der Waals surface area contributed by atoms with E-state index in [9.17, 15) is 0 Å². The van der Waals surface area contributed by atoms with E-state index in [4.69, 9.17) is 4.98 Å². The van der Waals surface area contributed by atoms with Crippen LogP contribution in [0.3, 0.4) is 0 Å². The number of hydrogen-bond acceptors (Lipinski definition) is 4. The zero-order chi connectivity index (χ0) is 20.5. The lowest BCUT2D eigenvalue weighted by atomic mass is 10.1. The minimum absolute atomic E-state index is 0.427. The molecule has 0 N–H and O–H groups in total. The summed E-state index contributed by atoms with van der Waals surface area (Å²) >= 11 is 0. The van der Waals surface area contributed by atoms with E-state index in [1.165, 1.54) is 42.6 Å². The molecule has 3 aromatic rings. The number of pyridine rings is 1. The fourth-order valence-corrected chi connectivity index (χ4v) is 5.08. The first-order chi connectivity index (χ1) is 14.7. The van der Waals surface area contributed by atoms with Crippen LogP contribution in [-0.4, -0.2) is 59.8 Å². The molecule has 5 nitrogen and oxygen atoms in total. The van der Waals surface area contributed by atoms with Crippen molar-refractivity contribution in [3.8, 4) is 0 Å². The molecular weight excluding hydrogens is 370 g/mol. The van der Waals surface area contributed by atoms with Gasteiger partial charge in [0.05, 0.1) is 0 Å². The number of aryl methyl sites for hydroxylation is 1. The number of hydrogen-bond donors (Lipinski definition) is 0. The number of nitrogens with zero attached hydrogens (tertiary/aromatic N) is 5. The molecule has 5 heteroatoms. The maximum absolute atomic E-state index is 5.12. The number of rotatable bonds is 5. The van der Waals surface area contributed by atoms with Gasteiger partial charge in [0.1, 0.15) is 11.5 Å². The van der Waals surface area contributed by atoms with Crippen molar-refractivity contribution >= 4 is 22.5 Å². The van der Waals surface area contributed by atoms with Crippen molar-refractivity contribution in [3.63, 3.8) is 0 Å². The maximum atomic E-state index is 5.12. The number of likely N-dealkylation sites (tertiary alicyclic amines) is 1. The molecule has 1 aromatic carbocycles. The number of anilines is 2. The summed E-state index contributed by atoms with van der Waals surface area (Å²) < 4.78 is 2.34. The third-order valence-electron chi connectivity index (χ3n) is 6.83. The monoisotopic (exact) mass is 403 g/mol. The summed E-state index contributed by atoms with van der Waals surface area (Å²) in [6.45, 7) is 12.2. The molecule has 0 spiro atoms. The van der Waals surface area contributed by atoms with Crippen LogP contribution in [0.5, 0.6) is 0 Å². The highest BCUT2D eigenvalue weighted by Gasteiger charge is 2.26. The molecular formula is C25H33N5. The van der Waals surface area contributed by atoms with Crippen LogP contribution in [0.15, 0.2) is 48.7 Å². The van der Waals surface area contributed by atoms with Gasteiger partial charge in [-0.3, -0.25) is 0 Å². The Labute approximate surface area is 179 Å². The van der Waals surface area contributed by atoms with Crippen molar-refractivity contribution < 1.29 is 0 Å². The minimum Gasteiger partial charge on any atom is -0.367 e.